The van der Waals surface area contributed by atoms with Gasteiger partial charge in [-0.15, -0.1) is 0 Å². The first kappa shape index (κ1) is 23.5. The fraction of sp³-hybridized carbons (Fsp3) is 0.250. The van der Waals surface area contributed by atoms with E-state index in [1.54, 1.807) is 0 Å². The highest BCUT2D eigenvalue weighted by Gasteiger charge is 2.20. The van der Waals surface area contributed by atoms with Crippen LogP contribution in [0.1, 0.15) is 16.8 Å². The van der Waals surface area contributed by atoms with Crippen LogP contribution in [-0.4, -0.2) is 44.7 Å². The number of primary amides is 1. The number of alkyl halides is 2. The standard InChI is InChI=1S/C20H19F3N2O6/c1-29-16-10-12(2-7-15(16)31-20(22)23)19(28)30-11-18(27)25(9-8-17(24)26)14-5-3-13(21)4-6-14/h2-7,10,20H,8-9,11H2,1H3,(H2,24,26). The zero-order valence-electron chi connectivity index (χ0n) is 16.3. The molecule has 0 unspecified atom stereocenters. The van der Waals surface area contributed by atoms with E-state index >= 15 is 0 Å². The molecule has 2 rings (SSSR count). The molecule has 8 nitrogen and oxygen atoms in total. The maximum atomic E-state index is 13.2. The van der Waals surface area contributed by atoms with Crippen LogP contribution < -0.4 is 20.1 Å². The number of halogens is 3. The van der Waals surface area contributed by atoms with Crippen LogP contribution in [0.15, 0.2) is 42.5 Å². The van der Waals surface area contributed by atoms with Gasteiger partial charge in [-0.3, -0.25) is 9.59 Å². The molecule has 0 spiro atoms. The number of benzene rings is 2. The molecule has 0 aliphatic heterocycles. The van der Waals surface area contributed by atoms with Crippen molar-refractivity contribution in [1.29, 1.82) is 0 Å². The second-order valence-electron chi connectivity index (χ2n) is 6.06. The van der Waals surface area contributed by atoms with Gasteiger partial charge in [0.2, 0.25) is 5.91 Å². The largest absolute Gasteiger partial charge is 0.493 e. The van der Waals surface area contributed by atoms with Gasteiger partial charge in [-0.25, -0.2) is 9.18 Å². The maximum Gasteiger partial charge on any atom is 0.387 e. The Morgan fingerprint density at radius 3 is 2.32 bits per heavy atom. The molecule has 0 fully saturated rings. The van der Waals surface area contributed by atoms with Gasteiger partial charge in [0.15, 0.2) is 18.1 Å². The molecule has 31 heavy (non-hydrogen) atoms. The Labute approximate surface area is 175 Å². The van der Waals surface area contributed by atoms with E-state index in [4.69, 9.17) is 15.2 Å². The topological polar surface area (TPSA) is 108 Å². The van der Waals surface area contributed by atoms with Crippen LogP contribution in [-0.2, 0) is 14.3 Å². The second-order valence-corrected chi connectivity index (χ2v) is 6.06. The minimum Gasteiger partial charge on any atom is -0.493 e. The summed E-state index contributed by atoms with van der Waals surface area (Å²) < 4.78 is 52.1. The van der Waals surface area contributed by atoms with E-state index in [0.29, 0.717) is 0 Å². The van der Waals surface area contributed by atoms with Crippen molar-refractivity contribution >= 4 is 23.5 Å². The Morgan fingerprint density at radius 2 is 1.74 bits per heavy atom. The van der Waals surface area contributed by atoms with Crippen molar-refractivity contribution in [2.24, 2.45) is 5.73 Å². The van der Waals surface area contributed by atoms with Gasteiger partial charge in [0.1, 0.15) is 5.82 Å². The quantitative estimate of drug-likeness (QED) is 0.569. The molecule has 2 aromatic carbocycles. The first-order valence-corrected chi connectivity index (χ1v) is 8.85. The second kappa shape index (κ2) is 10.9. The molecule has 0 heterocycles. The summed E-state index contributed by atoms with van der Waals surface area (Å²) in [5.41, 5.74) is 5.32. The van der Waals surface area contributed by atoms with Crippen molar-refractivity contribution in [1.82, 2.24) is 0 Å². The average Bonchev–Trinajstić information content (AvgIpc) is 2.73. The van der Waals surface area contributed by atoms with E-state index in [-0.39, 0.29) is 35.7 Å². The van der Waals surface area contributed by atoms with E-state index in [2.05, 4.69) is 4.74 Å². The fourth-order valence-electron chi connectivity index (χ4n) is 2.52. The van der Waals surface area contributed by atoms with Gasteiger partial charge < -0.3 is 24.8 Å². The summed E-state index contributed by atoms with van der Waals surface area (Å²) in [7, 11) is 1.20. The smallest absolute Gasteiger partial charge is 0.387 e. The van der Waals surface area contributed by atoms with Crippen LogP contribution in [0.25, 0.3) is 0 Å². The monoisotopic (exact) mass is 440 g/mol. The number of rotatable bonds is 10. The number of methoxy groups -OCH3 is 1. The highest BCUT2D eigenvalue weighted by molar-refractivity contribution is 5.97. The Balaban J connectivity index is 2.09. The molecular weight excluding hydrogens is 421 g/mol. The Bertz CT molecular complexity index is 937. The number of hydrogen-bond donors (Lipinski definition) is 1. The lowest BCUT2D eigenvalue weighted by Crippen LogP contribution is -2.37. The van der Waals surface area contributed by atoms with E-state index < -0.39 is 36.8 Å². The summed E-state index contributed by atoms with van der Waals surface area (Å²) in [5.74, 6) is -3.20. The first-order valence-electron chi connectivity index (χ1n) is 8.85. The molecule has 166 valence electrons. The molecule has 11 heteroatoms. The number of carbonyl (C=O) groups excluding carboxylic acids is 3. The molecule has 0 saturated heterocycles. The number of nitrogens with two attached hydrogens (primary N) is 1. The number of anilines is 1. The molecule has 0 aromatic heterocycles. The number of ether oxygens (including phenoxy) is 3. The van der Waals surface area contributed by atoms with Crippen LogP contribution >= 0.6 is 0 Å². The molecule has 2 aromatic rings. The zero-order valence-corrected chi connectivity index (χ0v) is 16.3. The summed E-state index contributed by atoms with van der Waals surface area (Å²) >= 11 is 0. The fourth-order valence-corrected chi connectivity index (χ4v) is 2.52. The maximum absolute atomic E-state index is 13.2. The summed E-state index contributed by atoms with van der Waals surface area (Å²) in [6.07, 6.45) is -0.167. The molecule has 2 N–H and O–H groups in total. The van der Waals surface area contributed by atoms with E-state index in [9.17, 15) is 27.6 Å². The van der Waals surface area contributed by atoms with Crippen LogP contribution in [0.4, 0.5) is 18.9 Å². The number of esters is 1. The average molecular weight is 440 g/mol. The molecule has 0 saturated carbocycles. The number of hydrogen-bond acceptors (Lipinski definition) is 6. The zero-order chi connectivity index (χ0) is 23.0. The van der Waals surface area contributed by atoms with Crippen molar-refractivity contribution in [3.8, 4) is 11.5 Å². The molecule has 0 aliphatic carbocycles. The Morgan fingerprint density at radius 1 is 1.06 bits per heavy atom. The molecular formula is C20H19F3N2O6. The lowest BCUT2D eigenvalue weighted by Gasteiger charge is -2.22. The highest BCUT2D eigenvalue weighted by Crippen LogP contribution is 2.29. The first-order chi connectivity index (χ1) is 14.7. The normalized spacial score (nSPS) is 10.5. The van der Waals surface area contributed by atoms with E-state index in [0.717, 1.165) is 35.2 Å². The molecule has 0 radical (unpaired) electrons. The summed E-state index contributed by atoms with van der Waals surface area (Å²) in [4.78, 5) is 37.0. The SMILES string of the molecule is COc1cc(C(=O)OCC(=O)N(CCC(N)=O)c2ccc(F)cc2)ccc1OC(F)F. The van der Waals surface area contributed by atoms with Gasteiger partial charge >= 0.3 is 12.6 Å². The summed E-state index contributed by atoms with van der Waals surface area (Å²) in [6.45, 7) is -3.89. The molecule has 0 aliphatic rings. The minimum absolute atomic E-state index is 0.0725. The van der Waals surface area contributed by atoms with Crippen molar-refractivity contribution < 1.29 is 41.8 Å². The van der Waals surface area contributed by atoms with Gasteiger partial charge in [-0.05, 0) is 42.5 Å². The van der Waals surface area contributed by atoms with Gasteiger partial charge in [0.25, 0.3) is 5.91 Å². The van der Waals surface area contributed by atoms with Gasteiger partial charge in [0, 0.05) is 18.7 Å². The van der Waals surface area contributed by atoms with E-state index in [1.807, 2.05) is 0 Å². The summed E-state index contributed by atoms with van der Waals surface area (Å²) in [6, 6.07) is 8.28. The number of amides is 2. The Hall–Kier alpha value is -3.76. The van der Waals surface area contributed by atoms with Crippen LogP contribution in [0, 0.1) is 5.82 Å². The van der Waals surface area contributed by atoms with Crippen molar-refractivity contribution in [3.63, 3.8) is 0 Å². The van der Waals surface area contributed by atoms with E-state index in [1.165, 1.54) is 19.2 Å². The minimum atomic E-state index is -3.08. The summed E-state index contributed by atoms with van der Waals surface area (Å²) in [5, 5.41) is 0. The third kappa shape index (κ3) is 6.91. The predicted molar refractivity (Wildman–Crippen MR) is 102 cm³/mol. The van der Waals surface area contributed by atoms with Crippen LogP contribution in [0.5, 0.6) is 11.5 Å². The lowest BCUT2D eigenvalue weighted by molar-refractivity contribution is -0.121. The molecule has 0 atom stereocenters. The third-order valence-electron chi connectivity index (χ3n) is 3.96. The van der Waals surface area contributed by atoms with Crippen molar-refractivity contribution in [2.75, 3.05) is 25.2 Å². The van der Waals surface area contributed by atoms with Crippen LogP contribution in [0.2, 0.25) is 0 Å². The number of nitrogens with zero attached hydrogens (tertiary/aromatic N) is 1. The molecule has 2 amide bonds. The van der Waals surface area contributed by atoms with Crippen molar-refractivity contribution in [2.45, 2.75) is 13.0 Å². The van der Waals surface area contributed by atoms with Crippen molar-refractivity contribution in [3.05, 3.63) is 53.8 Å². The number of carbonyl (C=O) groups is 3. The van der Waals surface area contributed by atoms with Gasteiger partial charge in [-0.1, -0.05) is 0 Å². The highest BCUT2D eigenvalue weighted by atomic mass is 19.3. The Kier molecular flexibility index (Phi) is 8.24. The van der Waals surface area contributed by atoms with Gasteiger partial charge in [0.05, 0.1) is 12.7 Å². The van der Waals surface area contributed by atoms with Gasteiger partial charge in [-0.2, -0.15) is 8.78 Å². The van der Waals surface area contributed by atoms with Crippen LogP contribution in [0.3, 0.4) is 0 Å². The third-order valence-corrected chi connectivity index (χ3v) is 3.96. The molecule has 0 bridgehead atoms. The lowest BCUT2D eigenvalue weighted by atomic mass is 10.2. The predicted octanol–water partition coefficient (Wildman–Crippen LogP) is 2.50.